The summed E-state index contributed by atoms with van der Waals surface area (Å²) in [4.78, 5) is 6.04. The summed E-state index contributed by atoms with van der Waals surface area (Å²) in [5.74, 6) is 1.10. The quantitative estimate of drug-likeness (QED) is 0.570. The van der Waals surface area contributed by atoms with Crippen molar-refractivity contribution in [1.82, 2.24) is 0 Å². The molecule has 76 valence electrons. The Hall–Kier alpha value is -1.54. The molecule has 0 spiro atoms. The van der Waals surface area contributed by atoms with Crippen LogP contribution >= 0.6 is 11.8 Å². The number of fused-ring (bicyclic) bond motifs is 4. The molecular formula is C14H9NS. The highest BCUT2D eigenvalue weighted by Gasteiger charge is 2.15. The molecule has 0 radical (unpaired) electrons. The molecule has 0 N–H and O–H groups in total. The van der Waals surface area contributed by atoms with Crippen LogP contribution in [0.15, 0.2) is 46.3 Å². The van der Waals surface area contributed by atoms with Gasteiger partial charge in [0.1, 0.15) is 0 Å². The molecule has 0 aliphatic carbocycles. The standard InChI is InChI=1S/C14H9NS/c1-2-4-12-10(3-1)11-7-9-5-6-16-14(9)8-13(11)15-12/h1-5,7-8H,6H2. The van der Waals surface area contributed by atoms with E-state index >= 15 is 0 Å². The molecule has 0 amide bonds. The van der Waals surface area contributed by atoms with Crippen molar-refractivity contribution in [3.05, 3.63) is 47.0 Å². The summed E-state index contributed by atoms with van der Waals surface area (Å²) in [6.45, 7) is 0. The van der Waals surface area contributed by atoms with Gasteiger partial charge in [-0.3, -0.25) is 0 Å². The molecule has 0 saturated carbocycles. The number of hydrogen-bond acceptors (Lipinski definition) is 2. The second-order valence-electron chi connectivity index (χ2n) is 4.05. The largest absolute Gasteiger partial charge is 0.248 e. The Bertz CT molecular complexity index is 716. The summed E-state index contributed by atoms with van der Waals surface area (Å²) >= 11 is 1.90. The summed E-state index contributed by atoms with van der Waals surface area (Å²) in [5, 5.41) is 2.50. The van der Waals surface area contributed by atoms with Gasteiger partial charge in [0.05, 0.1) is 11.0 Å². The van der Waals surface area contributed by atoms with E-state index in [4.69, 9.17) is 0 Å². The van der Waals surface area contributed by atoms with Crippen LogP contribution in [0.3, 0.4) is 0 Å². The molecule has 2 heteroatoms. The third-order valence-electron chi connectivity index (χ3n) is 3.11. The minimum absolute atomic E-state index is 1.10. The van der Waals surface area contributed by atoms with Gasteiger partial charge in [0.25, 0.3) is 0 Å². The highest BCUT2D eigenvalue weighted by molar-refractivity contribution is 7.99. The highest BCUT2D eigenvalue weighted by atomic mass is 32.2. The summed E-state index contributed by atoms with van der Waals surface area (Å²) < 4.78 is 0. The number of para-hydroxylation sites is 1. The van der Waals surface area contributed by atoms with Crippen LogP contribution in [0.1, 0.15) is 0 Å². The lowest BCUT2D eigenvalue weighted by Crippen LogP contribution is -2.10. The topological polar surface area (TPSA) is 12.4 Å². The lowest BCUT2D eigenvalue weighted by molar-refractivity contribution is 1.31. The van der Waals surface area contributed by atoms with Crippen molar-refractivity contribution in [2.75, 3.05) is 5.75 Å². The molecule has 0 unspecified atom stereocenters. The van der Waals surface area contributed by atoms with Crippen molar-refractivity contribution >= 4 is 23.5 Å². The van der Waals surface area contributed by atoms with Crippen LogP contribution in [-0.4, -0.2) is 5.75 Å². The van der Waals surface area contributed by atoms with Gasteiger partial charge in [0, 0.05) is 21.8 Å². The summed E-state index contributed by atoms with van der Waals surface area (Å²) in [6.07, 6.45) is 2.29. The van der Waals surface area contributed by atoms with Crippen molar-refractivity contribution in [2.24, 2.45) is 4.99 Å². The van der Waals surface area contributed by atoms with E-state index in [1.165, 1.54) is 21.2 Å². The average molecular weight is 223 g/mol. The molecule has 0 saturated heterocycles. The van der Waals surface area contributed by atoms with Crippen LogP contribution in [0.5, 0.6) is 0 Å². The number of rotatable bonds is 0. The number of thioether (sulfide) groups is 1. The number of benzene rings is 2. The first kappa shape index (κ1) is 8.59. The first-order valence-electron chi connectivity index (χ1n) is 5.37. The van der Waals surface area contributed by atoms with Gasteiger partial charge >= 0.3 is 0 Å². The monoisotopic (exact) mass is 223 g/mol. The Morgan fingerprint density at radius 2 is 2.00 bits per heavy atom. The van der Waals surface area contributed by atoms with Gasteiger partial charge in [-0.15, -0.1) is 11.8 Å². The van der Waals surface area contributed by atoms with Crippen LogP contribution < -0.4 is 10.6 Å². The van der Waals surface area contributed by atoms with Crippen molar-refractivity contribution in [2.45, 2.75) is 4.90 Å². The Morgan fingerprint density at radius 1 is 1.06 bits per heavy atom. The van der Waals surface area contributed by atoms with Crippen molar-refractivity contribution < 1.29 is 0 Å². The second-order valence-corrected chi connectivity index (χ2v) is 5.11. The maximum absolute atomic E-state index is 4.67. The fraction of sp³-hybridized carbons (Fsp3) is 0.0714. The zero-order chi connectivity index (χ0) is 10.5. The average Bonchev–Trinajstić information content (AvgIpc) is 2.88. The molecule has 2 aliphatic heterocycles. The van der Waals surface area contributed by atoms with Crippen molar-refractivity contribution in [3.8, 4) is 11.1 Å². The SMILES string of the molecule is C1=c2cc3c(cc2SC1)=Nc1ccccc1-3. The van der Waals surface area contributed by atoms with Gasteiger partial charge in [-0.1, -0.05) is 24.3 Å². The van der Waals surface area contributed by atoms with Crippen molar-refractivity contribution in [1.29, 1.82) is 0 Å². The van der Waals surface area contributed by atoms with Crippen LogP contribution in [0.25, 0.3) is 17.2 Å². The van der Waals surface area contributed by atoms with Crippen molar-refractivity contribution in [3.63, 3.8) is 0 Å². The molecular weight excluding hydrogens is 214 g/mol. The Morgan fingerprint density at radius 3 is 3.00 bits per heavy atom. The van der Waals surface area contributed by atoms with Gasteiger partial charge in [0.15, 0.2) is 0 Å². The molecule has 2 aromatic carbocycles. The summed E-state index contributed by atoms with van der Waals surface area (Å²) in [5.41, 5.74) is 3.66. The van der Waals surface area contributed by atoms with Gasteiger partial charge in [-0.2, -0.15) is 0 Å². The van der Waals surface area contributed by atoms with E-state index in [0.717, 1.165) is 16.8 Å². The Balaban J connectivity index is 2.13. The zero-order valence-corrected chi connectivity index (χ0v) is 9.42. The highest BCUT2D eigenvalue weighted by Crippen LogP contribution is 2.32. The molecule has 2 heterocycles. The summed E-state index contributed by atoms with van der Waals surface area (Å²) in [7, 11) is 0. The summed E-state index contributed by atoms with van der Waals surface area (Å²) in [6, 6.07) is 12.9. The number of hydrogen-bond donors (Lipinski definition) is 0. The zero-order valence-electron chi connectivity index (χ0n) is 8.60. The van der Waals surface area contributed by atoms with Gasteiger partial charge in [0.2, 0.25) is 0 Å². The van der Waals surface area contributed by atoms with Gasteiger partial charge < -0.3 is 0 Å². The van der Waals surface area contributed by atoms with Crippen LogP contribution in [-0.2, 0) is 0 Å². The van der Waals surface area contributed by atoms with Gasteiger partial charge in [-0.25, -0.2) is 4.99 Å². The minimum atomic E-state index is 1.10. The predicted octanol–water partition coefficient (Wildman–Crippen LogP) is 2.50. The van der Waals surface area contributed by atoms with Crippen LogP contribution in [0.4, 0.5) is 5.69 Å². The van der Waals surface area contributed by atoms with E-state index in [1.807, 2.05) is 17.8 Å². The number of nitrogens with zero attached hydrogens (tertiary/aromatic N) is 1. The lowest BCUT2D eigenvalue weighted by atomic mass is 10.1. The first-order chi connectivity index (χ1) is 7.92. The fourth-order valence-corrected chi connectivity index (χ4v) is 3.27. The Labute approximate surface area is 97.5 Å². The molecule has 16 heavy (non-hydrogen) atoms. The van der Waals surface area contributed by atoms with E-state index in [9.17, 15) is 0 Å². The fourth-order valence-electron chi connectivity index (χ4n) is 2.33. The Kier molecular flexibility index (Phi) is 1.60. The van der Waals surface area contributed by atoms with Crippen LogP contribution in [0, 0.1) is 0 Å². The maximum atomic E-state index is 4.67. The third-order valence-corrected chi connectivity index (χ3v) is 4.10. The third kappa shape index (κ3) is 1.05. The maximum Gasteiger partial charge on any atom is 0.0727 e. The molecule has 0 bridgehead atoms. The van der Waals surface area contributed by atoms with E-state index in [0.29, 0.717) is 0 Å². The molecule has 1 nitrogen and oxygen atoms in total. The van der Waals surface area contributed by atoms with Gasteiger partial charge in [-0.05, 0) is 23.4 Å². The second kappa shape index (κ2) is 2.98. The van der Waals surface area contributed by atoms with E-state index in [2.05, 4.69) is 41.4 Å². The lowest BCUT2D eigenvalue weighted by Gasteiger charge is -1.99. The minimum Gasteiger partial charge on any atom is -0.248 e. The smallest absolute Gasteiger partial charge is 0.0727 e. The predicted molar refractivity (Wildman–Crippen MR) is 67.5 cm³/mol. The molecule has 0 aromatic heterocycles. The first-order valence-corrected chi connectivity index (χ1v) is 6.35. The molecule has 2 aliphatic rings. The molecule has 0 atom stereocenters. The van der Waals surface area contributed by atoms with E-state index < -0.39 is 0 Å². The molecule has 4 rings (SSSR count). The molecule has 0 fully saturated rings. The van der Waals surface area contributed by atoms with E-state index in [1.54, 1.807) is 0 Å². The van der Waals surface area contributed by atoms with E-state index in [-0.39, 0.29) is 0 Å². The molecule has 2 aromatic rings. The van der Waals surface area contributed by atoms with Crippen LogP contribution in [0.2, 0.25) is 0 Å². The normalized spacial score (nSPS) is 14.8.